The molecule has 2 aliphatic carbocycles. The Labute approximate surface area is 73.0 Å². The molecule has 12 heavy (non-hydrogen) atoms. The number of allylic oxidation sites excluding steroid dienone is 2. The zero-order valence-corrected chi connectivity index (χ0v) is 7.92. The predicted molar refractivity (Wildman–Crippen MR) is 48.5 cm³/mol. The molecule has 0 aliphatic heterocycles. The van der Waals surface area contributed by atoms with Crippen LogP contribution in [0.1, 0.15) is 33.6 Å². The summed E-state index contributed by atoms with van der Waals surface area (Å²) in [7, 11) is 0. The quantitative estimate of drug-likeness (QED) is 0.549. The van der Waals surface area contributed by atoms with E-state index in [1.165, 1.54) is 12.0 Å². The highest BCUT2D eigenvalue weighted by Crippen LogP contribution is 2.65. The highest BCUT2D eigenvalue weighted by molar-refractivity contribution is 5.42. The summed E-state index contributed by atoms with van der Waals surface area (Å²) in [6, 6.07) is 0. The molecule has 1 fully saturated rings. The van der Waals surface area contributed by atoms with E-state index in [0.717, 1.165) is 12.1 Å². The molecule has 0 saturated heterocycles. The average molecular weight is 165 g/mol. The van der Waals surface area contributed by atoms with E-state index in [4.69, 9.17) is 0 Å². The van der Waals surface area contributed by atoms with Crippen molar-refractivity contribution in [3.05, 3.63) is 16.2 Å². The first-order chi connectivity index (χ1) is 5.59. The molecule has 2 nitrogen and oxygen atoms in total. The number of hydrogen-bond acceptors (Lipinski definition) is 2. The second kappa shape index (κ2) is 2.18. The molecule has 0 aromatic heterocycles. The Morgan fingerprint density at radius 3 is 2.58 bits per heavy atom. The van der Waals surface area contributed by atoms with Gasteiger partial charge in [-0.15, -0.1) is 4.91 Å². The highest BCUT2D eigenvalue weighted by atomic mass is 16.3. The molecule has 2 atom stereocenters. The van der Waals surface area contributed by atoms with Gasteiger partial charge in [0.2, 0.25) is 0 Å². The fraction of sp³-hybridized carbons (Fsp3) is 0.800. The van der Waals surface area contributed by atoms with Gasteiger partial charge in [0.25, 0.3) is 0 Å². The topological polar surface area (TPSA) is 29.4 Å². The first-order valence-electron chi connectivity index (χ1n) is 4.67. The monoisotopic (exact) mass is 165 g/mol. The second-order valence-corrected chi connectivity index (χ2v) is 4.64. The van der Waals surface area contributed by atoms with Crippen molar-refractivity contribution in [3.63, 3.8) is 0 Å². The van der Waals surface area contributed by atoms with Gasteiger partial charge in [-0.05, 0) is 34.9 Å². The molecule has 1 saturated carbocycles. The van der Waals surface area contributed by atoms with Crippen molar-refractivity contribution in [3.8, 4) is 0 Å². The van der Waals surface area contributed by atoms with Gasteiger partial charge in [-0.3, -0.25) is 0 Å². The zero-order valence-electron chi connectivity index (χ0n) is 7.92. The van der Waals surface area contributed by atoms with Gasteiger partial charge in [0.05, 0.1) is 5.70 Å². The van der Waals surface area contributed by atoms with Crippen LogP contribution in [0, 0.1) is 22.2 Å². The number of nitroso groups, excluding NO2 is 1. The third-order valence-electron chi connectivity index (χ3n) is 3.56. The average Bonchev–Trinajstić information content (AvgIpc) is 2.55. The summed E-state index contributed by atoms with van der Waals surface area (Å²) in [5.41, 5.74) is 2.49. The van der Waals surface area contributed by atoms with Crippen LogP contribution in [-0.2, 0) is 0 Å². The van der Waals surface area contributed by atoms with Crippen LogP contribution in [0.5, 0.6) is 0 Å². The standard InChI is InChI=1S/C10H15NO/c1-6-4-5-7-8(9(6)11-12)10(7,2)3/h6-7H,4-5H2,1-3H3. The first kappa shape index (κ1) is 7.96. The molecular weight excluding hydrogens is 150 g/mol. The van der Waals surface area contributed by atoms with Crippen LogP contribution in [0.4, 0.5) is 0 Å². The fourth-order valence-corrected chi connectivity index (χ4v) is 2.61. The highest BCUT2D eigenvalue weighted by Gasteiger charge is 2.56. The second-order valence-electron chi connectivity index (χ2n) is 4.64. The fourth-order valence-electron chi connectivity index (χ4n) is 2.61. The Balaban J connectivity index is 2.41. The van der Waals surface area contributed by atoms with Gasteiger partial charge in [-0.25, -0.2) is 0 Å². The van der Waals surface area contributed by atoms with E-state index < -0.39 is 0 Å². The first-order valence-corrected chi connectivity index (χ1v) is 4.67. The summed E-state index contributed by atoms with van der Waals surface area (Å²) in [5.74, 6) is 1.07. The lowest BCUT2D eigenvalue weighted by molar-refractivity contribution is 0.476. The van der Waals surface area contributed by atoms with Crippen molar-refractivity contribution in [2.75, 3.05) is 0 Å². The van der Waals surface area contributed by atoms with E-state index in [-0.39, 0.29) is 5.41 Å². The van der Waals surface area contributed by atoms with Crippen LogP contribution < -0.4 is 0 Å². The van der Waals surface area contributed by atoms with Gasteiger partial charge in [0.1, 0.15) is 0 Å². The Bertz CT molecular complexity index is 265. The van der Waals surface area contributed by atoms with Crippen molar-refractivity contribution in [1.82, 2.24) is 0 Å². The van der Waals surface area contributed by atoms with Gasteiger partial charge in [-0.1, -0.05) is 20.8 Å². The predicted octanol–water partition coefficient (Wildman–Crippen LogP) is 3.09. The van der Waals surface area contributed by atoms with Crippen molar-refractivity contribution < 1.29 is 0 Å². The number of rotatable bonds is 1. The molecule has 0 aromatic rings. The summed E-state index contributed by atoms with van der Waals surface area (Å²) < 4.78 is 0. The molecule has 0 spiro atoms. The molecular formula is C10H15NO. The van der Waals surface area contributed by atoms with Crippen molar-refractivity contribution >= 4 is 0 Å². The molecule has 2 aliphatic rings. The molecule has 0 bridgehead atoms. The zero-order chi connectivity index (χ0) is 8.93. The van der Waals surface area contributed by atoms with Crippen molar-refractivity contribution in [2.24, 2.45) is 22.4 Å². The van der Waals surface area contributed by atoms with Gasteiger partial charge in [-0.2, -0.15) is 0 Å². The molecule has 0 aromatic carbocycles. The normalized spacial score (nSPS) is 37.6. The van der Waals surface area contributed by atoms with E-state index in [2.05, 4.69) is 25.9 Å². The van der Waals surface area contributed by atoms with E-state index >= 15 is 0 Å². The van der Waals surface area contributed by atoms with E-state index in [1.54, 1.807) is 0 Å². The maximum atomic E-state index is 10.6. The Morgan fingerprint density at radius 2 is 2.08 bits per heavy atom. The SMILES string of the molecule is CC1CCC2C(=C1N=O)C2(C)C. The third-order valence-corrected chi connectivity index (χ3v) is 3.56. The van der Waals surface area contributed by atoms with E-state index in [1.807, 2.05) is 0 Å². The molecule has 0 radical (unpaired) electrons. The maximum absolute atomic E-state index is 10.6. The lowest BCUT2D eigenvalue weighted by Crippen LogP contribution is -2.02. The molecule has 2 unspecified atom stereocenters. The minimum atomic E-state index is 0.286. The lowest BCUT2D eigenvalue weighted by atomic mass is 9.94. The van der Waals surface area contributed by atoms with Gasteiger partial charge >= 0.3 is 0 Å². The number of nitrogens with zero attached hydrogens (tertiary/aromatic N) is 1. The maximum Gasteiger partial charge on any atom is 0.0877 e. The molecule has 0 amide bonds. The minimum Gasteiger partial charge on any atom is -0.145 e. The van der Waals surface area contributed by atoms with Gasteiger partial charge < -0.3 is 0 Å². The summed E-state index contributed by atoms with van der Waals surface area (Å²) in [6.07, 6.45) is 2.39. The lowest BCUT2D eigenvalue weighted by Gasteiger charge is -2.12. The summed E-state index contributed by atoms with van der Waals surface area (Å²) in [4.78, 5) is 10.6. The van der Waals surface area contributed by atoms with Crippen LogP contribution >= 0.6 is 0 Å². The van der Waals surface area contributed by atoms with E-state index in [0.29, 0.717) is 11.8 Å². The number of hydrogen-bond donors (Lipinski definition) is 0. The molecule has 2 heteroatoms. The third kappa shape index (κ3) is 0.809. The van der Waals surface area contributed by atoms with Crippen LogP contribution in [0.3, 0.4) is 0 Å². The summed E-state index contributed by atoms with van der Waals surface area (Å²) in [6.45, 7) is 6.54. The number of fused-ring (bicyclic) bond motifs is 1. The van der Waals surface area contributed by atoms with Crippen LogP contribution in [0.2, 0.25) is 0 Å². The Hall–Kier alpha value is -0.660. The van der Waals surface area contributed by atoms with Crippen molar-refractivity contribution in [1.29, 1.82) is 0 Å². The van der Waals surface area contributed by atoms with Crippen LogP contribution in [-0.4, -0.2) is 0 Å². The molecule has 2 rings (SSSR count). The van der Waals surface area contributed by atoms with Crippen LogP contribution in [0.25, 0.3) is 0 Å². The molecule has 0 heterocycles. The summed E-state index contributed by atoms with van der Waals surface area (Å²) in [5, 5.41) is 3.18. The molecule has 66 valence electrons. The van der Waals surface area contributed by atoms with Crippen LogP contribution in [0.15, 0.2) is 16.4 Å². The summed E-state index contributed by atoms with van der Waals surface area (Å²) >= 11 is 0. The largest absolute Gasteiger partial charge is 0.145 e. The Morgan fingerprint density at radius 1 is 1.42 bits per heavy atom. The van der Waals surface area contributed by atoms with Gasteiger partial charge in [0.15, 0.2) is 0 Å². The van der Waals surface area contributed by atoms with Crippen molar-refractivity contribution in [2.45, 2.75) is 33.6 Å². The smallest absolute Gasteiger partial charge is 0.0877 e. The Kier molecular flexibility index (Phi) is 1.45. The molecule has 0 N–H and O–H groups in total. The van der Waals surface area contributed by atoms with E-state index in [9.17, 15) is 4.91 Å². The minimum absolute atomic E-state index is 0.286. The van der Waals surface area contributed by atoms with Gasteiger partial charge in [0, 0.05) is 5.92 Å².